The van der Waals surface area contributed by atoms with Gasteiger partial charge in [-0.25, -0.2) is 8.42 Å². The van der Waals surface area contributed by atoms with Gasteiger partial charge in [0.05, 0.1) is 12.0 Å². The van der Waals surface area contributed by atoms with Crippen molar-refractivity contribution in [2.24, 2.45) is 0 Å². The molecule has 26 heavy (non-hydrogen) atoms. The van der Waals surface area contributed by atoms with Gasteiger partial charge in [-0.3, -0.25) is 9.10 Å². The van der Waals surface area contributed by atoms with Crippen LogP contribution in [0, 0.1) is 0 Å². The molecule has 0 spiro atoms. The number of sulfonamides is 1. The highest BCUT2D eigenvalue weighted by Gasteiger charge is 2.40. The van der Waals surface area contributed by atoms with Gasteiger partial charge >= 0.3 is 0 Å². The van der Waals surface area contributed by atoms with Crippen molar-refractivity contribution in [3.8, 4) is 0 Å². The second-order valence-electron chi connectivity index (χ2n) is 6.00. The number of carbonyl (C=O) groups excluding carboxylic acids is 1. The Balaban J connectivity index is 2.27. The third kappa shape index (κ3) is 3.01. The molecule has 1 heterocycles. The van der Waals surface area contributed by atoms with Gasteiger partial charge in [0.2, 0.25) is 5.78 Å². The van der Waals surface area contributed by atoms with E-state index in [-0.39, 0.29) is 22.9 Å². The number of ketones is 1. The van der Waals surface area contributed by atoms with Crippen LogP contribution in [0.2, 0.25) is 0 Å². The fourth-order valence-electron chi connectivity index (χ4n) is 3.04. The molecule has 0 fully saturated rings. The van der Waals surface area contributed by atoms with Crippen LogP contribution in [0.5, 0.6) is 0 Å². The van der Waals surface area contributed by atoms with Crippen molar-refractivity contribution in [2.75, 3.05) is 13.7 Å². The number of unbranched alkanes of at least 4 members (excludes halogenated alkanes) is 1. The Bertz CT molecular complexity index is 949. The minimum atomic E-state index is -3.83. The van der Waals surface area contributed by atoms with Gasteiger partial charge < -0.3 is 4.74 Å². The van der Waals surface area contributed by atoms with Crippen LogP contribution in [0.1, 0.15) is 35.7 Å². The zero-order valence-electron chi connectivity index (χ0n) is 14.8. The van der Waals surface area contributed by atoms with E-state index in [0.717, 1.165) is 6.42 Å². The SMILES string of the molecule is CCCCN1C(C(=O)c2ccccc2)=C(OC)c2ccccc2S1(=O)=O. The van der Waals surface area contributed by atoms with Gasteiger partial charge in [0.25, 0.3) is 10.0 Å². The van der Waals surface area contributed by atoms with Crippen LogP contribution in [0.25, 0.3) is 5.76 Å². The Morgan fingerprint density at radius 3 is 2.35 bits per heavy atom. The first-order chi connectivity index (χ1) is 12.5. The maximum atomic E-state index is 13.2. The molecule has 0 N–H and O–H groups in total. The van der Waals surface area contributed by atoms with Crippen LogP contribution in [-0.4, -0.2) is 32.2 Å². The van der Waals surface area contributed by atoms with Crippen LogP contribution in [0.4, 0.5) is 0 Å². The first-order valence-electron chi connectivity index (χ1n) is 8.52. The second-order valence-corrected chi connectivity index (χ2v) is 7.83. The van der Waals surface area contributed by atoms with E-state index in [0.29, 0.717) is 23.3 Å². The van der Waals surface area contributed by atoms with Crippen LogP contribution < -0.4 is 0 Å². The van der Waals surface area contributed by atoms with Gasteiger partial charge in [-0.1, -0.05) is 55.8 Å². The van der Waals surface area contributed by atoms with Crippen molar-refractivity contribution in [1.29, 1.82) is 0 Å². The molecule has 3 rings (SSSR count). The van der Waals surface area contributed by atoms with Gasteiger partial charge in [-0.15, -0.1) is 0 Å². The van der Waals surface area contributed by atoms with Gasteiger partial charge in [0.1, 0.15) is 5.70 Å². The lowest BCUT2D eigenvalue weighted by Crippen LogP contribution is -2.39. The lowest BCUT2D eigenvalue weighted by Gasteiger charge is -2.32. The number of ether oxygens (including phenoxy) is 1. The van der Waals surface area contributed by atoms with E-state index in [1.165, 1.54) is 11.4 Å². The number of hydrogen-bond acceptors (Lipinski definition) is 4. The maximum absolute atomic E-state index is 13.2. The van der Waals surface area contributed by atoms with Crippen molar-refractivity contribution in [2.45, 2.75) is 24.7 Å². The highest BCUT2D eigenvalue weighted by atomic mass is 32.2. The topological polar surface area (TPSA) is 63.7 Å². The summed E-state index contributed by atoms with van der Waals surface area (Å²) in [4.78, 5) is 13.4. The predicted octanol–water partition coefficient (Wildman–Crippen LogP) is 3.69. The van der Waals surface area contributed by atoms with Crippen LogP contribution in [0.3, 0.4) is 0 Å². The fourth-order valence-corrected chi connectivity index (χ4v) is 4.74. The van der Waals surface area contributed by atoms with Gasteiger partial charge in [-0.2, -0.15) is 0 Å². The average molecular weight is 371 g/mol. The number of nitrogens with zero attached hydrogens (tertiary/aromatic N) is 1. The summed E-state index contributed by atoms with van der Waals surface area (Å²) in [6.45, 7) is 2.21. The summed E-state index contributed by atoms with van der Waals surface area (Å²) in [6, 6.07) is 15.3. The Morgan fingerprint density at radius 1 is 1.04 bits per heavy atom. The Kier molecular flexibility index (Phi) is 5.13. The molecule has 0 saturated heterocycles. The number of carbonyl (C=O) groups is 1. The minimum Gasteiger partial charge on any atom is -0.494 e. The van der Waals surface area contributed by atoms with Crippen molar-refractivity contribution in [1.82, 2.24) is 4.31 Å². The van der Waals surface area contributed by atoms with Crippen LogP contribution in [0.15, 0.2) is 65.2 Å². The lowest BCUT2D eigenvalue weighted by atomic mass is 10.0. The molecule has 0 radical (unpaired) electrons. The summed E-state index contributed by atoms with van der Waals surface area (Å²) in [5, 5.41) is 0. The molecule has 0 amide bonds. The smallest absolute Gasteiger partial charge is 0.265 e. The number of hydrogen-bond donors (Lipinski definition) is 0. The second kappa shape index (κ2) is 7.33. The third-order valence-corrected chi connectivity index (χ3v) is 6.19. The van der Waals surface area contributed by atoms with Crippen molar-refractivity contribution < 1.29 is 17.9 Å². The molecule has 2 aromatic carbocycles. The molecular weight excluding hydrogens is 350 g/mol. The predicted molar refractivity (Wildman–Crippen MR) is 99.9 cm³/mol. The first kappa shape index (κ1) is 18.2. The first-order valence-corrected chi connectivity index (χ1v) is 9.96. The van der Waals surface area contributed by atoms with E-state index >= 15 is 0 Å². The van der Waals surface area contributed by atoms with Gasteiger partial charge in [-0.05, 0) is 18.6 Å². The monoisotopic (exact) mass is 371 g/mol. The zero-order valence-corrected chi connectivity index (χ0v) is 15.6. The largest absolute Gasteiger partial charge is 0.494 e. The summed E-state index contributed by atoms with van der Waals surface area (Å²) in [7, 11) is -2.37. The third-order valence-electron chi connectivity index (χ3n) is 4.33. The minimum absolute atomic E-state index is 0.0749. The van der Waals surface area contributed by atoms with E-state index in [1.54, 1.807) is 48.5 Å². The van der Waals surface area contributed by atoms with Gasteiger partial charge in [0.15, 0.2) is 5.76 Å². The summed E-state index contributed by atoms with van der Waals surface area (Å²) in [5.74, 6) is -0.0722. The van der Waals surface area contributed by atoms with E-state index in [9.17, 15) is 13.2 Å². The number of fused-ring (bicyclic) bond motifs is 1. The van der Waals surface area contributed by atoms with Crippen molar-refractivity contribution in [3.05, 3.63) is 71.4 Å². The highest BCUT2D eigenvalue weighted by Crippen LogP contribution is 2.38. The number of methoxy groups -OCH3 is 1. The fraction of sp³-hybridized carbons (Fsp3) is 0.250. The molecule has 5 nitrogen and oxygen atoms in total. The van der Waals surface area contributed by atoms with E-state index < -0.39 is 10.0 Å². The molecule has 0 unspecified atom stereocenters. The summed E-state index contributed by atoms with van der Waals surface area (Å²) >= 11 is 0. The number of allylic oxidation sites excluding steroid dienone is 1. The normalized spacial score (nSPS) is 15.5. The molecule has 2 aromatic rings. The van der Waals surface area contributed by atoms with Crippen LogP contribution >= 0.6 is 0 Å². The van der Waals surface area contributed by atoms with E-state index in [1.807, 2.05) is 13.0 Å². The molecule has 1 aliphatic heterocycles. The number of rotatable bonds is 6. The van der Waals surface area contributed by atoms with Crippen molar-refractivity contribution in [3.63, 3.8) is 0 Å². The molecule has 0 atom stereocenters. The molecule has 0 aromatic heterocycles. The maximum Gasteiger partial charge on any atom is 0.265 e. The quantitative estimate of drug-likeness (QED) is 0.727. The van der Waals surface area contributed by atoms with E-state index in [2.05, 4.69) is 0 Å². The Hall–Kier alpha value is -2.60. The highest BCUT2D eigenvalue weighted by molar-refractivity contribution is 7.89. The molecule has 0 aliphatic carbocycles. The van der Waals surface area contributed by atoms with Gasteiger partial charge in [0, 0.05) is 17.7 Å². The number of Topliss-reactive ketones (excluding diaryl/α,β-unsaturated/α-hetero) is 1. The molecule has 0 saturated carbocycles. The molecule has 1 aliphatic rings. The van der Waals surface area contributed by atoms with Crippen LogP contribution in [-0.2, 0) is 14.8 Å². The lowest BCUT2D eigenvalue weighted by molar-refractivity contribution is 0.100. The molecular formula is C20H21NO4S. The molecule has 0 bridgehead atoms. The molecule has 6 heteroatoms. The Labute approximate surface area is 154 Å². The summed E-state index contributed by atoms with van der Waals surface area (Å²) in [5.41, 5.74) is 0.918. The zero-order chi connectivity index (χ0) is 18.7. The summed E-state index contributed by atoms with van der Waals surface area (Å²) in [6.07, 6.45) is 1.45. The average Bonchev–Trinajstić information content (AvgIpc) is 2.67. The standard InChI is InChI=1S/C20H21NO4S/c1-3-4-14-21-18(19(22)15-10-6-5-7-11-15)20(25-2)16-12-8-9-13-17(16)26(21,23)24/h5-13H,3-4,14H2,1-2H3. The van der Waals surface area contributed by atoms with E-state index in [4.69, 9.17) is 4.74 Å². The Morgan fingerprint density at radius 2 is 1.69 bits per heavy atom. The molecule has 136 valence electrons. The number of benzene rings is 2. The summed E-state index contributed by atoms with van der Waals surface area (Å²) < 4.78 is 33.1. The van der Waals surface area contributed by atoms with Crippen molar-refractivity contribution >= 4 is 21.6 Å².